The number of benzene rings is 3. The van der Waals surface area contributed by atoms with Crippen LogP contribution in [0.25, 0.3) is 44.5 Å². The number of rotatable bonds is 6. The van der Waals surface area contributed by atoms with Gasteiger partial charge in [-0.05, 0) is 34.9 Å². The van der Waals surface area contributed by atoms with Gasteiger partial charge in [0.1, 0.15) is 0 Å². The summed E-state index contributed by atoms with van der Waals surface area (Å²) in [6.45, 7) is 4.98. The van der Waals surface area contributed by atoms with Crippen LogP contribution in [0.2, 0.25) is 0 Å². The summed E-state index contributed by atoms with van der Waals surface area (Å²) in [5.41, 5.74) is 15.5. The molecule has 39 heavy (non-hydrogen) atoms. The molecular formula is C32H32Cl2N4O. The van der Waals surface area contributed by atoms with Crippen molar-refractivity contribution in [1.29, 1.82) is 0 Å². The van der Waals surface area contributed by atoms with Crippen molar-refractivity contribution in [3.05, 3.63) is 108 Å². The smallest absolute Gasteiger partial charge is 0.0796 e. The van der Waals surface area contributed by atoms with E-state index in [2.05, 4.69) is 83.8 Å². The standard InChI is InChI=1S/C32H30N4O.2ClH/c33-21-23-9-11-26(12-10-23)32-28(25-6-2-1-3-7-25)20-29-30(35-32)13-14-34-31(29)27-8-4-5-24(19-27)22-36-15-17-37-18-16-36;;/h1-14,19-20H,15-18,21-22,33H2;2*1H. The minimum Gasteiger partial charge on any atom is -0.379 e. The molecule has 7 heteroatoms. The third kappa shape index (κ3) is 6.30. The number of hydrogen-bond donors (Lipinski definition) is 1. The maximum atomic E-state index is 5.84. The first-order valence-electron chi connectivity index (χ1n) is 12.8. The van der Waals surface area contributed by atoms with Gasteiger partial charge in [-0.15, -0.1) is 24.8 Å². The number of pyridine rings is 2. The molecule has 0 radical (unpaired) electrons. The van der Waals surface area contributed by atoms with Gasteiger partial charge < -0.3 is 10.5 Å². The van der Waals surface area contributed by atoms with E-state index in [1.165, 1.54) is 5.56 Å². The number of nitrogens with two attached hydrogens (primary N) is 1. The van der Waals surface area contributed by atoms with Crippen LogP contribution in [-0.2, 0) is 17.8 Å². The topological polar surface area (TPSA) is 64.3 Å². The van der Waals surface area contributed by atoms with E-state index in [0.29, 0.717) is 6.54 Å². The van der Waals surface area contributed by atoms with Crippen LogP contribution in [0.5, 0.6) is 0 Å². The van der Waals surface area contributed by atoms with Gasteiger partial charge in [-0.1, -0.05) is 72.8 Å². The molecule has 2 N–H and O–H groups in total. The molecule has 0 amide bonds. The summed E-state index contributed by atoms with van der Waals surface area (Å²) in [4.78, 5) is 12.5. The summed E-state index contributed by atoms with van der Waals surface area (Å²) in [5.74, 6) is 0. The minimum atomic E-state index is 0. The van der Waals surface area contributed by atoms with Crippen molar-refractivity contribution in [2.45, 2.75) is 13.1 Å². The van der Waals surface area contributed by atoms with Crippen LogP contribution in [0.1, 0.15) is 11.1 Å². The highest BCUT2D eigenvalue weighted by molar-refractivity contribution is 5.98. The van der Waals surface area contributed by atoms with Crippen LogP contribution < -0.4 is 5.73 Å². The van der Waals surface area contributed by atoms with Crippen LogP contribution >= 0.6 is 24.8 Å². The first-order valence-corrected chi connectivity index (χ1v) is 12.8. The highest BCUT2D eigenvalue weighted by Gasteiger charge is 2.16. The Balaban J connectivity index is 0.00000176. The Morgan fingerprint density at radius 2 is 1.46 bits per heavy atom. The molecule has 0 spiro atoms. The Kier molecular flexibility index (Phi) is 9.68. The van der Waals surface area contributed by atoms with Gasteiger partial charge >= 0.3 is 0 Å². The molecule has 2 aromatic heterocycles. The number of fused-ring (bicyclic) bond motifs is 1. The van der Waals surface area contributed by atoms with E-state index in [9.17, 15) is 0 Å². The molecule has 1 aliphatic rings. The van der Waals surface area contributed by atoms with Gasteiger partial charge in [0.25, 0.3) is 0 Å². The summed E-state index contributed by atoms with van der Waals surface area (Å²) in [6, 6.07) is 31.8. The molecule has 1 aliphatic heterocycles. The molecule has 5 nitrogen and oxygen atoms in total. The van der Waals surface area contributed by atoms with Crippen LogP contribution in [0, 0.1) is 0 Å². The van der Waals surface area contributed by atoms with Crippen LogP contribution in [0.3, 0.4) is 0 Å². The average Bonchev–Trinajstić information content (AvgIpc) is 2.97. The minimum absolute atomic E-state index is 0. The Morgan fingerprint density at radius 1 is 0.718 bits per heavy atom. The maximum absolute atomic E-state index is 5.84. The summed E-state index contributed by atoms with van der Waals surface area (Å²) in [5, 5.41) is 1.05. The first-order chi connectivity index (χ1) is 18.3. The molecule has 1 fully saturated rings. The fourth-order valence-electron chi connectivity index (χ4n) is 5.02. The van der Waals surface area contributed by atoms with Crippen molar-refractivity contribution in [1.82, 2.24) is 14.9 Å². The SMILES string of the molecule is Cl.Cl.NCc1ccc(-c2nc3ccnc(-c4cccc(CN5CCOCC5)c4)c3cc2-c2ccccc2)cc1. The first kappa shape index (κ1) is 28.7. The molecule has 0 aliphatic carbocycles. The average molecular weight is 560 g/mol. The van der Waals surface area contributed by atoms with Gasteiger partial charge in [-0.3, -0.25) is 9.88 Å². The zero-order chi connectivity index (χ0) is 25.0. The van der Waals surface area contributed by atoms with E-state index in [0.717, 1.165) is 83.0 Å². The van der Waals surface area contributed by atoms with Crippen molar-refractivity contribution in [3.8, 4) is 33.6 Å². The molecule has 6 rings (SSSR count). The summed E-state index contributed by atoms with van der Waals surface area (Å²) < 4.78 is 5.52. The van der Waals surface area contributed by atoms with Gasteiger partial charge in [0.15, 0.2) is 0 Å². The third-order valence-corrected chi connectivity index (χ3v) is 7.00. The number of nitrogens with zero attached hydrogens (tertiary/aromatic N) is 3. The van der Waals surface area contributed by atoms with E-state index in [1.807, 2.05) is 18.3 Å². The number of hydrogen-bond acceptors (Lipinski definition) is 5. The lowest BCUT2D eigenvalue weighted by atomic mass is 9.95. The second-order valence-corrected chi connectivity index (χ2v) is 9.47. The predicted molar refractivity (Wildman–Crippen MR) is 164 cm³/mol. The van der Waals surface area contributed by atoms with Gasteiger partial charge in [-0.25, -0.2) is 4.98 Å². The monoisotopic (exact) mass is 558 g/mol. The molecule has 3 aromatic carbocycles. The molecule has 0 saturated carbocycles. The summed E-state index contributed by atoms with van der Waals surface area (Å²) in [7, 11) is 0. The second-order valence-electron chi connectivity index (χ2n) is 9.47. The second kappa shape index (κ2) is 13.2. The van der Waals surface area contributed by atoms with Crippen LogP contribution in [0.4, 0.5) is 0 Å². The molecule has 0 unspecified atom stereocenters. The lowest BCUT2D eigenvalue weighted by Crippen LogP contribution is -2.35. The normalized spacial score (nSPS) is 13.5. The van der Waals surface area contributed by atoms with Crippen molar-refractivity contribution in [2.75, 3.05) is 26.3 Å². The highest BCUT2D eigenvalue weighted by Crippen LogP contribution is 2.36. The van der Waals surface area contributed by atoms with Crippen molar-refractivity contribution in [3.63, 3.8) is 0 Å². The molecule has 200 valence electrons. The largest absolute Gasteiger partial charge is 0.379 e. The van der Waals surface area contributed by atoms with E-state index >= 15 is 0 Å². The van der Waals surface area contributed by atoms with Crippen molar-refractivity contribution < 1.29 is 4.74 Å². The van der Waals surface area contributed by atoms with E-state index in [-0.39, 0.29) is 24.8 Å². The molecular weight excluding hydrogens is 527 g/mol. The molecule has 0 atom stereocenters. The van der Waals surface area contributed by atoms with Gasteiger partial charge in [0.05, 0.1) is 30.1 Å². The van der Waals surface area contributed by atoms with E-state index in [4.69, 9.17) is 20.4 Å². The van der Waals surface area contributed by atoms with Crippen molar-refractivity contribution in [2.24, 2.45) is 5.73 Å². The van der Waals surface area contributed by atoms with Crippen LogP contribution in [-0.4, -0.2) is 41.2 Å². The van der Waals surface area contributed by atoms with E-state index < -0.39 is 0 Å². The number of aromatic nitrogens is 2. The van der Waals surface area contributed by atoms with E-state index in [1.54, 1.807) is 0 Å². The van der Waals surface area contributed by atoms with Gasteiger partial charge in [0, 0.05) is 54.5 Å². The zero-order valence-corrected chi connectivity index (χ0v) is 23.3. The molecule has 3 heterocycles. The Labute approximate surface area is 241 Å². The quantitative estimate of drug-likeness (QED) is 0.249. The maximum Gasteiger partial charge on any atom is 0.0796 e. The van der Waals surface area contributed by atoms with Gasteiger partial charge in [0.2, 0.25) is 0 Å². The summed E-state index contributed by atoms with van der Waals surface area (Å²) >= 11 is 0. The fourth-order valence-corrected chi connectivity index (χ4v) is 5.02. The number of ether oxygens (including phenoxy) is 1. The number of halogens is 2. The highest BCUT2D eigenvalue weighted by atomic mass is 35.5. The Hall–Kier alpha value is -3.32. The van der Waals surface area contributed by atoms with Gasteiger partial charge in [-0.2, -0.15) is 0 Å². The summed E-state index contributed by atoms with van der Waals surface area (Å²) in [6.07, 6.45) is 1.86. The lowest BCUT2D eigenvalue weighted by Gasteiger charge is -2.26. The van der Waals surface area contributed by atoms with Crippen LogP contribution in [0.15, 0.2) is 97.2 Å². The Bertz CT molecular complexity index is 1520. The predicted octanol–water partition coefficient (Wildman–Crippen LogP) is 6.77. The fraction of sp³-hybridized carbons (Fsp3) is 0.188. The molecule has 1 saturated heterocycles. The third-order valence-electron chi connectivity index (χ3n) is 7.00. The lowest BCUT2D eigenvalue weighted by molar-refractivity contribution is 0.0342. The molecule has 0 bridgehead atoms. The zero-order valence-electron chi connectivity index (χ0n) is 21.6. The Morgan fingerprint density at radius 3 is 2.21 bits per heavy atom. The molecule has 5 aromatic rings. The number of morpholine rings is 1. The van der Waals surface area contributed by atoms with Crippen molar-refractivity contribution >= 4 is 35.7 Å².